The number of carbonyl (C=O) groups excluding carboxylic acids is 1. The van der Waals surface area contributed by atoms with E-state index in [1.807, 2.05) is 0 Å². The minimum atomic E-state index is -1.08. The average Bonchev–Trinajstić information content (AvgIpc) is 2.85. The molecule has 1 aromatic carbocycles. The number of nitrogens with zero attached hydrogens (tertiary/aromatic N) is 1. The molecular weight excluding hydrogens is 304 g/mol. The second-order valence-electron chi connectivity index (χ2n) is 3.34. The summed E-state index contributed by atoms with van der Waals surface area (Å²) in [6.07, 6.45) is 1.28. The van der Waals surface area contributed by atoms with Gasteiger partial charge >= 0.3 is 5.97 Å². The summed E-state index contributed by atoms with van der Waals surface area (Å²) in [6.45, 7) is 0. The number of aromatic nitrogens is 1. The van der Waals surface area contributed by atoms with Gasteiger partial charge in [0.15, 0.2) is 5.69 Å². The number of hydrogen-bond acceptors (Lipinski definition) is 4. The Hall–Kier alpha value is -2.15. The molecule has 2 N–H and O–H groups in total. The maximum atomic E-state index is 11.6. The number of carboxylic acids is 1. The van der Waals surface area contributed by atoms with Crippen molar-refractivity contribution in [1.82, 2.24) is 5.16 Å². The molecule has 1 amide bonds. The molecule has 0 saturated carbocycles. The van der Waals surface area contributed by atoms with Gasteiger partial charge in [-0.2, -0.15) is 0 Å². The van der Waals surface area contributed by atoms with Crippen molar-refractivity contribution >= 4 is 33.5 Å². The van der Waals surface area contributed by atoms with Crippen molar-refractivity contribution in [1.29, 1.82) is 0 Å². The van der Waals surface area contributed by atoms with Gasteiger partial charge in [0.05, 0.1) is 5.56 Å². The molecule has 18 heavy (non-hydrogen) atoms. The van der Waals surface area contributed by atoms with Gasteiger partial charge in [-0.15, -0.1) is 0 Å². The van der Waals surface area contributed by atoms with Crippen LogP contribution in [0.25, 0.3) is 0 Å². The highest BCUT2D eigenvalue weighted by Crippen LogP contribution is 2.21. The maximum Gasteiger partial charge on any atom is 0.336 e. The third-order valence-electron chi connectivity index (χ3n) is 2.13. The Labute approximate surface area is 110 Å². The molecule has 0 radical (unpaired) electrons. The largest absolute Gasteiger partial charge is 0.478 e. The zero-order valence-electron chi connectivity index (χ0n) is 8.88. The highest BCUT2D eigenvalue weighted by atomic mass is 79.9. The summed E-state index contributed by atoms with van der Waals surface area (Å²) in [5.41, 5.74) is 0.548. The first-order valence-corrected chi connectivity index (χ1v) is 5.62. The number of rotatable bonds is 3. The fourth-order valence-electron chi connectivity index (χ4n) is 1.29. The normalized spacial score (nSPS) is 10.1. The fourth-order valence-corrected chi connectivity index (χ4v) is 1.71. The fraction of sp³-hybridized carbons (Fsp3) is 0. The van der Waals surface area contributed by atoms with Gasteiger partial charge in [-0.1, -0.05) is 5.16 Å². The number of anilines is 1. The predicted octanol–water partition coefficient (Wildman–Crippen LogP) is 2.39. The van der Waals surface area contributed by atoms with E-state index >= 15 is 0 Å². The van der Waals surface area contributed by atoms with E-state index in [4.69, 9.17) is 5.11 Å². The van der Waals surface area contributed by atoms with E-state index in [2.05, 4.69) is 30.9 Å². The number of carbonyl (C=O) groups is 2. The molecule has 6 nitrogen and oxygen atoms in total. The molecule has 2 rings (SSSR count). The molecule has 0 bridgehead atoms. The summed E-state index contributed by atoms with van der Waals surface area (Å²) in [6, 6.07) is 5.88. The molecule has 0 aliphatic heterocycles. The van der Waals surface area contributed by atoms with Gasteiger partial charge in [-0.3, -0.25) is 4.79 Å². The predicted molar refractivity (Wildman–Crippen MR) is 65.6 cm³/mol. The highest BCUT2D eigenvalue weighted by molar-refractivity contribution is 9.10. The van der Waals surface area contributed by atoms with Gasteiger partial charge < -0.3 is 14.9 Å². The topological polar surface area (TPSA) is 92.4 Å². The van der Waals surface area contributed by atoms with Gasteiger partial charge in [-0.05, 0) is 34.1 Å². The monoisotopic (exact) mass is 310 g/mol. The van der Waals surface area contributed by atoms with Gasteiger partial charge in [0.25, 0.3) is 5.91 Å². The van der Waals surface area contributed by atoms with Crippen molar-refractivity contribution in [2.24, 2.45) is 0 Å². The standard InChI is InChI=1S/C11H7BrN2O4/c12-8-2-1-6(5-7(8)11(16)17)13-10(15)9-3-4-18-14-9/h1-5H,(H,13,15)(H,16,17). The zero-order chi connectivity index (χ0) is 13.1. The van der Waals surface area contributed by atoms with E-state index in [-0.39, 0.29) is 11.3 Å². The lowest BCUT2D eigenvalue weighted by Gasteiger charge is -2.05. The minimum absolute atomic E-state index is 0.0629. The molecule has 0 saturated heterocycles. The Morgan fingerprint density at radius 1 is 1.33 bits per heavy atom. The van der Waals surface area contributed by atoms with Crippen LogP contribution in [0.1, 0.15) is 20.8 Å². The average molecular weight is 311 g/mol. The van der Waals surface area contributed by atoms with E-state index in [0.29, 0.717) is 10.2 Å². The number of aromatic carboxylic acids is 1. The Bertz CT molecular complexity index is 595. The Kier molecular flexibility index (Phi) is 3.42. The SMILES string of the molecule is O=C(Nc1ccc(Br)c(C(=O)O)c1)c1ccon1. The number of nitrogens with one attached hydrogen (secondary N) is 1. The van der Waals surface area contributed by atoms with Crippen LogP contribution in [0.5, 0.6) is 0 Å². The van der Waals surface area contributed by atoms with Gasteiger partial charge in [0.2, 0.25) is 0 Å². The smallest absolute Gasteiger partial charge is 0.336 e. The van der Waals surface area contributed by atoms with Crippen molar-refractivity contribution in [2.75, 3.05) is 5.32 Å². The third-order valence-corrected chi connectivity index (χ3v) is 2.82. The summed E-state index contributed by atoms with van der Waals surface area (Å²) in [5.74, 6) is -1.55. The number of benzene rings is 1. The third kappa shape index (κ3) is 2.57. The first-order chi connectivity index (χ1) is 8.58. The Balaban J connectivity index is 2.22. The molecule has 2 aromatic rings. The second kappa shape index (κ2) is 5.01. The van der Waals surface area contributed by atoms with Crippen molar-refractivity contribution < 1.29 is 19.2 Å². The number of amides is 1. The first-order valence-electron chi connectivity index (χ1n) is 4.82. The molecule has 1 aromatic heterocycles. The molecule has 1 heterocycles. The molecule has 92 valence electrons. The lowest BCUT2D eigenvalue weighted by Crippen LogP contribution is -2.12. The van der Waals surface area contributed by atoms with Crippen molar-refractivity contribution in [3.8, 4) is 0 Å². The maximum absolute atomic E-state index is 11.6. The molecule has 0 unspecified atom stereocenters. The van der Waals surface area contributed by atoms with Crippen LogP contribution in [0.2, 0.25) is 0 Å². The van der Waals surface area contributed by atoms with Crippen LogP contribution in [0.3, 0.4) is 0 Å². The van der Waals surface area contributed by atoms with Crippen molar-refractivity contribution in [2.45, 2.75) is 0 Å². The molecule has 0 atom stereocenters. The minimum Gasteiger partial charge on any atom is -0.478 e. The molecule has 7 heteroatoms. The van der Waals surface area contributed by atoms with E-state index in [0.717, 1.165) is 0 Å². The van der Waals surface area contributed by atoms with Crippen LogP contribution in [0.4, 0.5) is 5.69 Å². The lowest BCUT2D eigenvalue weighted by molar-refractivity contribution is 0.0695. The molecule has 0 aliphatic rings. The number of carboxylic acid groups (broad SMARTS) is 1. The Morgan fingerprint density at radius 2 is 2.11 bits per heavy atom. The van der Waals surface area contributed by atoms with E-state index in [1.54, 1.807) is 12.1 Å². The summed E-state index contributed by atoms with van der Waals surface area (Å²) >= 11 is 3.12. The zero-order valence-corrected chi connectivity index (χ0v) is 10.5. The van der Waals surface area contributed by atoms with Gasteiger partial charge in [0, 0.05) is 16.2 Å². The van der Waals surface area contributed by atoms with Crippen LogP contribution in [0.15, 0.2) is 39.5 Å². The van der Waals surface area contributed by atoms with Crippen LogP contribution in [-0.2, 0) is 0 Å². The van der Waals surface area contributed by atoms with Crippen LogP contribution < -0.4 is 5.32 Å². The summed E-state index contributed by atoms with van der Waals surface area (Å²) in [5, 5.41) is 14.9. The summed E-state index contributed by atoms with van der Waals surface area (Å²) in [7, 11) is 0. The molecule has 0 spiro atoms. The van der Waals surface area contributed by atoms with Crippen LogP contribution in [0, 0.1) is 0 Å². The lowest BCUT2D eigenvalue weighted by atomic mass is 10.2. The Morgan fingerprint density at radius 3 is 2.72 bits per heavy atom. The number of hydrogen-bond donors (Lipinski definition) is 2. The molecule has 0 fully saturated rings. The summed E-state index contributed by atoms with van der Waals surface area (Å²) < 4.78 is 4.98. The molecule has 0 aliphatic carbocycles. The van der Waals surface area contributed by atoms with Crippen LogP contribution >= 0.6 is 15.9 Å². The van der Waals surface area contributed by atoms with Gasteiger partial charge in [0.1, 0.15) is 6.26 Å². The van der Waals surface area contributed by atoms with Crippen LogP contribution in [-0.4, -0.2) is 22.1 Å². The first kappa shape index (κ1) is 12.3. The second-order valence-corrected chi connectivity index (χ2v) is 4.19. The number of halogens is 1. The van der Waals surface area contributed by atoms with Gasteiger partial charge in [-0.25, -0.2) is 4.79 Å². The quantitative estimate of drug-likeness (QED) is 0.908. The van der Waals surface area contributed by atoms with E-state index in [1.165, 1.54) is 18.4 Å². The van der Waals surface area contributed by atoms with Crippen molar-refractivity contribution in [3.05, 3.63) is 46.3 Å². The van der Waals surface area contributed by atoms with Crippen molar-refractivity contribution in [3.63, 3.8) is 0 Å². The molecular formula is C11H7BrN2O4. The highest BCUT2D eigenvalue weighted by Gasteiger charge is 2.12. The van der Waals surface area contributed by atoms with E-state index in [9.17, 15) is 9.59 Å². The van der Waals surface area contributed by atoms with E-state index < -0.39 is 11.9 Å². The summed E-state index contributed by atoms with van der Waals surface area (Å²) in [4.78, 5) is 22.6.